The van der Waals surface area contributed by atoms with Crippen LogP contribution in [0.4, 0.5) is 4.39 Å². The van der Waals surface area contributed by atoms with Gasteiger partial charge in [-0.3, -0.25) is 4.79 Å². The van der Waals surface area contributed by atoms with Gasteiger partial charge < -0.3 is 14.5 Å². The number of likely N-dealkylation sites (tertiary alicyclic amines) is 1. The molecular weight excluding hydrogens is 307 g/mol. The Morgan fingerprint density at radius 1 is 1.46 bits per heavy atom. The minimum Gasteiger partial charge on any atom is -0.361 e. The van der Waals surface area contributed by atoms with E-state index in [9.17, 15) is 9.18 Å². The maximum absolute atomic E-state index is 13.3. The third kappa shape index (κ3) is 2.48. The van der Waals surface area contributed by atoms with E-state index in [0.29, 0.717) is 6.42 Å². The van der Waals surface area contributed by atoms with Crippen LogP contribution in [0.3, 0.4) is 0 Å². The van der Waals surface area contributed by atoms with Gasteiger partial charge in [0.05, 0.1) is 12.5 Å². The SMILES string of the molecule is Cn1ccnc1C1CCCN1C(=O)Cc1c[nH]c2cc(F)ccc12. The molecular formula is C18H19FN4O. The topological polar surface area (TPSA) is 53.9 Å². The molecule has 0 aliphatic carbocycles. The first kappa shape index (κ1) is 14.9. The van der Waals surface area contributed by atoms with E-state index in [1.165, 1.54) is 12.1 Å². The Labute approximate surface area is 139 Å². The van der Waals surface area contributed by atoms with Crippen LogP contribution in [0.15, 0.2) is 36.8 Å². The minimum absolute atomic E-state index is 0.0418. The van der Waals surface area contributed by atoms with Gasteiger partial charge >= 0.3 is 0 Å². The number of benzene rings is 1. The number of carbonyl (C=O) groups is 1. The summed E-state index contributed by atoms with van der Waals surface area (Å²) in [5.74, 6) is 0.740. The lowest BCUT2D eigenvalue weighted by Gasteiger charge is -2.24. The average Bonchev–Trinajstić information content (AvgIpc) is 3.26. The molecule has 1 aliphatic heterocycles. The zero-order valence-electron chi connectivity index (χ0n) is 13.5. The van der Waals surface area contributed by atoms with Crippen LogP contribution in [0.2, 0.25) is 0 Å². The number of carbonyl (C=O) groups excluding carboxylic acids is 1. The number of rotatable bonds is 3. The molecule has 1 amide bonds. The van der Waals surface area contributed by atoms with Crippen molar-refractivity contribution in [1.29, 1.82) is 0 Å². The lowest BCUT2D eigenvalue weighted by Crippen LogP contribution is -2.33. The molecule has 1 N–H and O–H groups in total. The van der Waals surface area contributed by atoms with Crippen molar-refractivity contribution in [2.75, 3.05) is 6.54 Å². The summed E-state index contributed by atoms with van der Waals surface area (Å²) in [6.45, 7) is 0.757. The highest BCUT2D eigenvalue weighted by Crippen LogP contribution is 2.31. The zero-order chi connectivity index (χ0) is 16.7. The van der Waals surface area contributed by atoms with Gasteiger partial charge in [0.15, 0.2) is 0 Å². The fraction of sp³-hybridized carbons (Fsp3) is 0.333. The first-order valence-electron chi connectivity index (χ1n) is 8.15. The first-order valence-corrected chi connectivity index (χ1v) is 8.15. The predicted molar refractivity (Wildman–Crippen MR) is 88.9 cm³/mol. The highest BCUT2D eigenvalue weighted by Gasteiger charge is 2.32. The lowest BCUT2D eigenvalue weighted by molar-refractivity contribution is -0.131. The van der Waals surface area contributed by atoms with Crippen molar-refractivity contribution in [2.24, 2.45) is 7.05 Å². The lowest BCUT2D eigenvalue weighted by atomic mass is 10.1. The van der Waals surface area contributed by atoms with Crippen LogP contribution in [-0.4, -0.2) is 31.9 Å². The van der Waals surface area contributed by atoms with E-state index in [1.807, 2.05) is 22.7 Å². The largest absolute Gasteiger partial charge is 0.361 e. The number of aryl methyl sites for hydroxylation is 1. The van der Waals surface area contributed by atoms with Crippen molar-refractivity contribution in [3.05, 3.63) is 54.0 Å². The number of imidazole rings is 1. The average molecular weight is 326 g/mol. The van der Waals surface area contributed by atoms with Crippen LogP contribution >= 0.6 is 0 Å². The van der Waals surface area contributed by atoms with Crippen LogP contribution in [-0.2, 0) is 18.3 Å². The molecule has 1 atom stereocenters. The third-order valence-corrected chi connectivity index (χ3v) is 4.80. The van der Waals surface area contributed by atoms with E-state index in [1.54, 1.807) is 18.5 Å². The number of aromatic amines is 1. The number of H-pyrrole nitrogens is 1. The Morgan fingerprint density at radius 2 is 2.33 bits per heavy atom. The number of nitrogens with zero attached hydrogens (tertiary/aromatic N) is 3. The van der Waals surface area contributed by atoms with Gasteiger partial charge in [-0.15, -0.1) is 0 Å². The Morgan fingerprint density at radius 3 is 3.12 bits per heavy atom. The Hall–Kier alpha value is -2.63. The van der Waals surface area contributed by atoms with Crippen LogP contribution in [0, 0.1) is 5.82 Å². The number of halogens is 1. The van der Waals surface area contributed by atoms with Gasteiger partial charge in [0, 0.05) is 43.1 Å². The second-order valence-electron chi connectivity index (χ2n) is 6.32. The van der Waals surface area contributed by atoms with Gasteiger partial charge in [0.25, 0.3) is 0 Å². The van der Waals surface area contributed by atoms with Crippen LogP contribution in [0.25, 0.3) is 10.9 Å². The van der Waals surface area contributed by atoms with Gasteiger partial charge in [-0.25, -0.2) is 9.37 Å². The molecule has 3 heterocycles. The number of nitrogens with one attached hydrogen (secondary N) is 1. The maximum Gasteiger partial charge on any atom is 0.227 e. The highest BCUT2D eigenvalue weighted by atomic mass is 19.1. The number of amides is 1. The molecule has 6 heteroatoms. The maximum atomic E-state index is 13.3. The zero-order valence-corrected chi connectivity index (χ0v) is 13.5. The van der Waals surface area contributed by atoms with E-state index in [-0.39, 0.29) is 17.8 Å². The van der Waals surface area contributed by atoms with Crippen molar-refractivity contribution in [3.63, 3.8) is 0 Å². The third-order valence-electron chi connectivity index (χ3n) is 4.80. The molecule has 1 fully saturated rings. The second kappa shape index (κ2) is 5.78. The first-order chi connectivity index (χ1) is 11.6. The molecule has 1 aromatic carbocycles. The molecule has 1 saturated heterocycles. The van der Waals surface area contributed by atoms with Crippen LogP contribution < -0.4 is 0 Å². The summed E-state index contributed by atoms with van der Waals surface area (Å²) < 4.78 is 15.3. The fourth-order valence-electron chi connectivity index (χ4n) is 3.60. The van der Waals surface area contributed by atoms with E-state index in [2.05, 4.69) is 9.97 Å². The Kier molecular flexibility index (Phi) is 3.59. The molecule has 4 rings (SSSR count). The van der Waals surface area contributed by atoms with E-state index in [4.69, 9.17) is 0 Å². The van der Waals surface area contributed by atoms with Gasteiger partial charge in [0.1, 0.15) is 11.6 Å². The molecule has 24 heavy (non-hydrogen) atoms. The highest BCUT2D eigenvalue weighted by molar-refractivity contribution is 5.89. The van der Waals surface area contributed by atoms with Gasteiger partial charge in [-0.1, -0.05) is 0 Å². The molecule has 2 aromatic heterocycles. The molecule has 1 unspecified atom stereocenters. The van der Waals surface area contributed by atoms with Crippen molar-refractivity contribution in [2.45, 2.75) is 25.3 Å². The Balaban J connectivity index is 1.58. The monoisotopic (exact) mass is 326 g/mol. The quantitative estimate of drug-likeness (QED) is 0.804. The van der Waals surface area contributed by atoms with Crippen molar-refractivity contribution in [1.82, 2.24) is 19.4 Å². The van der Waals surface area contributed by atoms with Gasteiger partial charge in [-0.05, 0) is 36.6 Å². The summed E-state index contributed by atoms with van der Waals surface area (Å²) in [5.41, 5.74) is 1.63. The van der Waals surface area contributed by atoms with Crippen molar-refractivity contribution >= 4 is 16.8 Å². The summed E-state index contributed by atoms with van der Waals surface area (Å²) in [6, 6.07) is 4.65. The summed E-state index contributed by atoms with van der Waals surface area (Å²) in [5, 5.41) is 0.900. The minimum atomic E-state index is -0.281. The summed E-state index contributed by atoms with van der Waals surface area (Å²) >= 11 is 0. The number of fused-ring (bicyclic) bond motifs is 1. The molecule has 1 aliphatic rings. The van der Waals surface area contributed by atoms with E-state index >= 15 is 0 Å². The molecule has 0 radical (unpaired) electrons. The van der Waals surface area contributed by atoms with Crippen LogP contribution in [0.1, 0.15) is 30.3 Å². The van der Waals surface area contributed by atoms with Crippen LogP contribution in [0.5, 0.6) is 0 Å². The van der Waals surface area contributed by atoms with E-state index < -0.39 is 0 Å². The van der Waals surface area contributed by atoms with Gasteiger partial charge in [0.2, 0.25) is 5.91 Å². The molecule has 5 nitrogen and oxygen atoms in total. The second-order valence-corrected chi connectivity index (χ2v) is 6.32. The number of aromatic nitrogens is 3. The van der Waals surface area contributed by atoms with E-state index in [0.717, 1.165) is 41.7 Å². The standard InChI is InChI=1S/C18H19FN4O/c1-22-8-6-20-18(22)16-3-2-7-23(16)17(24)9-12-11-21-15-10-13(19)4-5-14(12)15/h4-6,8,10-11,16,21H,2-3,7,9H2,1H3. The normalized spacial score (nSPS) is 17.8. The van der Waals surface area contributed by atoms with Crippen molar-refractivity contribution < 1.29 is 9.18 Å². The van der Waals surface area contributed by atoms with Crippen molar-refractivity contribution in [3.8, 4) is 0 Å². The number of hydrogen-bond donors (Lipinski definition) is 1. The molecule has 0 saturated carbocycles. The molecule has 0 bridgehead atoms. The smallest absolute Gasteiger partial charge is 0.227 e. The summed E-state index contributed by atoms with van der Waals surface area (Å²) in [4.78, 5) is 22.2. The molecule has 3 aromatic rings. The molecule has 0 spiro atoms. The van der Waals surface area contributed by atoms with Gasteiger partial charge in [-0.2, -0.15) is 0 Å². The summed E-state index contributed by atoms with van der Waals surface area (Å²) in [7, 11) is 1.96. The predicted octanol–water partition coefficient (Wildman–Crippen LogP) is 2.95. The Bertz CT molecular complexity index is 897. The fourth-order valence-corrected chi connectivity index (χ4v) is 3.60. The molecule has 124 valence electrons. The summed E-state index contributed by atoms with van der Waals surface area (Å²) in [6.07, 6.45) is 7.72. The number of hydrogen-bond acceptors (Lipinski definition) is 2.